The number of hydrogen-bond acceptors (Lipinski definition) is 1. The quantitative estimate of drug-likeness (QED) is 0.756. The number of benzene rings is 1. The van der Waals surface area contributed by atoms with Crippen LogP contribution in [0.2, 0.25) is 0 Å². The van der Waals surface area contributed by atoms with Gasteiger partial charge in [-0.2, -0.15) is 0 Å². The first-order valence-corrected chi connectivity index (χ1v) is 5.19. The van der Waals surface area contributed by atoms with Gasteiger partial charge in [-0.05, 0) is 24.0 Å². The molecule has 0 unspecified atom stereocenters. The summed E-state index contributed by atoms with van der Waals surface area (Å²) in [5, 5.41) is 10.3. The van der Waals surface area contributed by atoms with Crippen molar-refractivity contribution in [2.24, 2.45) is 0 Å². The van der Waals surface area contributed by atoms with E-state index < -0.39 is 5.60 Å². The normalized spacial score (nSPS) is 19.5. The fraction of sp³-hybridized carbons (Fsp3) is 0.385. The second kappa shape index (κ2) is 3.58. The fourth-order valence-electron chi connectivity index (χ4n) is 2.17. The Balaban J connectivity index is 2.24. The summed E-state index contributed by atoms with van der Waals surface area (Å²) in [6.45, 7) is 4.03. The van der Waals surface area contributed by atoms with E-state index in [2.05, 4.69) is 6.58 Å². The number of hydrogen-bond donors (Lipinski definition) is 1. The van der Waals surface area contributed by atoms with E-state index >= 15 is 0 Å². The van der Waals surface area contributed by atoms with E-state index in [4.69, 9.17) is 0 Å². The minimum atomic E-state index is -0.638. The molecule has 1 N–H and O–H groups in total. The van der Waals surface area contributed by atoms with Crippen molar-refractivity contribution >= 4 is 5.57 Å². The number of aliphatic hydroxyl groups is 1. The maximum atomic E-state index is 10.3. The summed E-state index contributed by atoms with van der Waals surface area (Å²) < 4.78 is 0. The Labute approximate surface area is 85.1 Å². The predicted molar refractivity (Wildman–Crippen MR) is 58.9 cm³/mol. The molecule has 1 aliphatic rings. The molecule has 2 rings (SSSR count). The lowest BCUT2D eigenvalue weighted by molar-refractivity contribution is 0.110. The van der Waals surface area contributed by atoms with Crippen LogP contribution in [0, 0.1) is 0 Å². The van der Waals surface area contributed by atoms with Gasteiger partial charge < -0.3 is 5.11 Å². The molecular formula is C13H16O. The average molecular weight is 188 g/mol. The van der Waals surface area contributed by atoms with Gasteiger partial charge in [-0.3, -0.25) is 0 Å². The van der Waals surface area contributed by atoms with E-state index in [0.29, 0.717) is 0 Å². The van der Waals surface area contributed by atoms with Crippen molar-refractivity contribution in [3.05, 3.63) is 42.5 Å². The van der Waals surface area contributed by atoms with Crippen molar-refractivity contribution in [2.75, 3.05) is 0 Å². The third kappa shape index (κ3) is 1.60. The molecule has 0 bridgehead atoms. The van der Waals surface area contributed by atoms with Gasteiger partial charge in [0.1, 0.15) is 0 Å². The molecule has 0 aromatic heterocycles. The Morgan fingerprint density at radius 3 is 2.29 bits per heavy atom. The summed E-state index contributed by atoms with van der Waals surface area (Å²) in [7, 11) is 0. The van der Waals surface area contributed by atoms with Gasteiger partial charge in [0, 0.05) is 0 Å². The lowest BCUT2D eigenvalue weighted by atomic mass is 9.88. The van der Waals surface area contributed by atoms with Gasteiger partial charge in [0.05, 0.1) is 5.60 Å². The standard InChI is InChI=1S/C13H16O/c1-11(12-7-3-2-4-8-12)13(14)9-5-6-10-13/h2-4,7-8,14H,1,5-6,9-10H2. The van der Waals surface area contributed by atoms with Gasteiger partial charge in [-0.25, -0.2) is 0 Å². The fourth-order valence-corrected chi connectivity index (χ4v) is 2.17. The van der Waals surface area contributed by atoms with Crippen LogP contribution in [0.1, 0.15) is 31.2 Å². The second-order valence-electron chi connectivity index (χ2n) is 4.08. The largest absolute Gasteiger partial charge is 0.385 e. The van der Waals surface area contributed by atoms with Gasteiger partial charge in [-0.15, -0.1) is 0 Å². The van der Waals surface area contributed by atoms with Crippen molar-refractivity contribution in [3.8, 4) is 0 Å². The zero-order valence-electron chi connectivity index (χ0n) is 8.37. The molecule has 1 heteroatoms. The SMILES string of the molecule is C=C(c1ccccc1)C1(O)CCCC1. The molecule has 0 atom stereocenters. The molecule has 0 saturated heterocycles. The van der Waals surface area contributed by atoms with Gasteiger partial charge >= 0.3 is 0 Å². The van der Waals surface area contributed by atoms with E-state index in [0.717, 1.165) is 36.8 Å². The van der Waals surface area contributed by atoms with Crippen LogP contribution in [-0.2, 0) is 0 Å². The zero-order valence-corrected chi connectivity index (χ0v) is 8.37. The third-order valence-corrected chi connectivity index (χ3v) is 3.11. The van der Waals surface area contributed by atoms with Crippen LogP contribution in [0.15, 0.2) is 36.9 Å². The lowest BCUT2D eigenvalue weighted by Gasteiger charge is -2.25. The Bertz CT molecular complexity index is 320. The molecule has 1 aliphatic carbocycles. The van der Waals surface area contributed by atoms with Crippen molar-refractivity contribution < 1.29 is 5.11 Å². The first-order chi connectivity index (χ1) is 6.72. The van der Waals surface area contributed by atoms with E-state index in [1.165, 1.54) is 0 Å². The van der Waals surface area contributed by atoms with Crippen molar-refractivity contribution in [2.45, 2.75) is 31.3 Å². The summed E-state index contributed by atoms with van der Waals surface area (Å²) in [4.78, 5) is 0. The molecule has 0 spiro atoms. The summed E-state index contributed by atoms with van der Waals surface area (Å²) in [6.07, 6.45) is 3.95. The third-order valence-electron chi connectivity index (χ3n) is 3.11. The molecule has 1 fully saturated rings. The minimum absolute atomic E-state index is 0.638. The average Bonchev–Trinajstić information content (AvgIpc) is 2.67. The summed E-state index contributed by atoms with van der Waals surface area (Å²) in [6, 6.07) is 9.98. The molecule has 1 aromatic rings. The molecule has 0 amide bonds. The monoisotopic (exact) mass is 188 g/mol. The first kappa shape index (κ1) is 9.47. The van der Waals surface area contributed by atoms with Gasteiger partial charge in [0.25, 0.3) is 0 Å². The molecule has 14 heavy (non-hydrogen) atoms. The zero-order chi connectivity index (χ0) is 10.0. The highest BCUT2D eigenvalue weighted by molar-refractivity contribution is 5.70. The van der Waals surface area contributed by atoms with Crippen molar-refractivity contribution in [3.63, 3.8) is 0 Å². The molecule has 1 saturated carbocycles. The second-order valence-corrected chi connectivity index (χ2v) is 4.08. The van der Waals surface area contributed by atoms with Gasteiger partial charge in [0.15, 0.2) is 0 Å². The maximum Gasteiger partial charge on any atom is 0.0896 e. The molecule has 1 nitrogen and oxygen atoms in total. The minimum Gasteiger partial charge on any atom is -0.385 e. The molecule has 0 aliphatic heterocycles. The van der Waals surface area contributed by atoms with Crippen LogP contribution in [0.4, 0.5) is 0 Å². The summed E-state index contributed by atoms with van der Waals surface area (Å²) in [5.41, 5.74) is 1.31. The molecular weight excluding hydrogens is 172 g/mol. The van der Waals surface area contributed by atoms with Gasteiger partial charge in [-0.1, -0.05) is 49.8 Å². The van der Waals surface area contributed by atoms with E-state index in [9.17, 15) is 5.11 Å². The van der Waals surface area contributed by atoms with Crippen molar-refractivity contribution in [1.29, 1.82) is 0 Å². The van der Waals surface area contributed by atoms with Crippen LogP contribution in [0.3, 0.4) is 0 Å². The predicted octanol–water partition coefficient (Wildman–Crippen LogP) is 3.00. The smallest absolute Gasteiger partial charge is 0.0896 e. The summed E-state index contributed by atoms with van der Waals surface area (Å²) >= 11 is 0. The van der Waals surface area contributed by atoms with Crippen LogP contribution in [0.25, 0.3) is 5.57 Å². The first-order valence-electron chi connectivity index (χ1n) is 5.19. The van der Waals surface area contributed by atoms with E-state index in [1.807, 2.05) is 30.3 Å². The Hall–Kier alpha value is -1.08. The van der Waals surface area contributed by atoms with Gasteiger partial charge in [0.2, 0.25) is 0 Å². The van der Waals surface area contributed by atoms with Crippen LogP contribution in [0.5, 0.6) is 0 Å². The molecule has 0 heterocycles. The van der Waals surface area contributed by atoms with E-state index in [1.54, 1.807) is 0 Å². The molecule has 0 radical (unpaired) electrons. The highest BCUT2D eigenvalue weighted by Gasteiger charge is 2.34. The highest BCUT2D eigenvalue weighted by atomic mass is 16.3. The van der Waals surface area contributed by atoms with E-state index in [-0.39, 0.29) is 0 Å². The Morgan fingerprint density at radius 2 is 1.71 bits per heavy atom. The topological polar surface area (TPSA) is 20.2 Å². The maximum absolute atomic E-state index is 10.3. The molecule has 74 valence electrons. The lowest BCUT2D eigenvalue weighted by Crippen LogP contribution is -2.25. The Kier molecular flexibility index (Phi) is 2.42. The molecule has 1 aromatic carbocycles. The van der Waals surface area contributed by atoms with Crippen LogP contribution >= 0.6 is 0 Å². The number of rotatable bonds is 2. The van der Waals surface area contributed by atoms with Crippen LogP contribution < -0.4 is 0 Å². The summed E-state index contributed by atoms with van der Waals surface area (Å²) in [5.74, 6) is 0. The Morgan fingerprint density at radius 1 is 1.14 bits per heavy atom. The van der Waals surface area contributed by atoms with Crippen molar-refractivity contribution in [1.82, 2.24) is 0 Å². The van der Waals surface area contributed by atoms with Crippen LogP contribution in [-0.4, -0.2) is 10.7 Å². The highest BCUT2D eigenvalue weighted by Crippen LogP contribution is 2.39.